The molecule has 7 nitrogen and oxygen atoms in total. The van der Waals surface area contributed by atoms with Crippen molar-refractivity contribution < 1.29 is 14.3 Å². The molecule has 1 aromatic rings. The lowest BCUT2D eigenvalue weighted by atomic mass is 9.82. The molecule has 0 radical (unpaired) electrons. The van der Waals surface area contributed by atoms with E-state index in [1.54, 1.807) is 5.57 Å². The summed E-state index contributed by atoms with van der Waals surface area (Å²) in [6.07, 6.45) is 11.1. The van der Waals surface area contributed by atoms with Crippen LogP contribution < -0.4 is 4.90 Å². The van der Waals surface area contributed by atoms with Crippen LogP contribution in [0.4, 0.5) is 10.5 Å². The Morgan fingerprint density at radius 2 is 1.91 bits per heavy atom. The van der Waals surface area contributed by atoms with Crippen molar-refractivity contribution in [3.8, 4) is 0 Å². The minimum absolute atomic E-state index is 0.133. The van der Waals surface area contributed by atoms with E-state index in [2.05, 4.69) is 32.9 Å². The first-order valence-corrected chi connectivity index (χ1v) is 13.7. The summed E-state index contributed by atoms with van der Waals surface area (Å²) in [7, 11) is 0. The van der Waals surface area contributed by atoms with Gasteiger partial charge >= 0.3 is 6.09 Å². The summed E-state index contributed by atoms with van der Waals surface area (Å²) >= 11 is 0. The maximum atomic E-state index is 13.2. The van der Waals surface area contributed by atoms with Gasteiger partial charge in [0, 0.05) is 57.1 Å². The highest BCUT2D eigenvalue weighted by molar-refractivity contribution is 5.97. The number of anilines is 1. The highest BCUT2D eigenvalue weighted by atomic mass is 16.6. The number of benzene rings is 1. The molecule has 4 heterocycles. The van der Waals surface area contributed by atoms with Gasteiger partial charge in [0.05, 0.1) is 6.04 Å². The van der Waals surface area contributed by atoms with Gasteiger partial charge in [-0.05, 0) is 74.8 Å². The van der Waals surface area contributed by atoms with E-state index in [4.69, 9.17) is 4.74 Å². The van der Waals surface area contributed by atoms with Crippen LogP contribution in [0.15, 0.2) is 29.8 Å². The van der Waals surface area contributed by atoms with Crippen LogP contribution in [0.2, 0.25) is 0 Å². The molecule has 7 heteroatoms. The van der Waals surface area contributed by atoms with E-state index in [1.165, 1.54) is 38.6 Å². The topological polar surface area (TPSA) is 56.3 Å². The predicted octanol–water partition coefficient (Wildman–Crippen LogP) is 3.54. The van der Waals surface area contributed by atoms with Crippen molar-refractivity contribution in [1.82, 2.24) is 14.7 Å². The number of carbonyl (C=O) groups excluding carboxylic acids is 2. The van der Waals surface area contributed by atoms with E-state index in [0.29, 0.717) is 13.2 Å². The van der Waals surface area contributed by atoms with Gasteiger partial charge < -0.3 is 14.5 Å². The average molecular weight is 479 g/mol. The Labute approximate surface area is 208 Å². The number of rotatable bonds is 5. The van der Waals surface area contributed by atoms with Crippen LogP contribution in [0.25, 0.3) is 0 Å². The molecule has 0 bridgehead atoms. The SMILES string of the molecule is O=C1c2ccc(N3CCN4C(=O)OCC4C3)cc2CCN1CCCN1CC=C2CCCCC2CC1. The number of piperazine rings is 1. The maximum absolute atomic E-state index is 13.2. The van der Waals surface area contributed by atoms with Crippen LogP contribution in [-0.4, -0.2) is 91.7 Å². The highest BCUT2D eigenvalue weighted by Gasteiger charge is 2.37. The van der Waals surface area contributed by atoms with Gasteiger partial charge in [0.1, 0.15) is 6.61 Å². The zero-order valence-corrected chi connectivity index (χ0v) is 20.8. The summed E-state index contributed by atoms with van der Waals surface area (Å²) in [6.45, 7) is 7.77. The number of allylic oxidation sites excluding steroid dienone is 1. The molecular weight excluding hydrogens is 440 g/mol. The second-order valence-corrected chi connectivity index (χ2v) is 10.9. The Morgan fingerprint density at radius 1 is 0.971 bits per heavy atom. The van der Waals surface area contributed by atoms with Crippen molar-refractivity contribution in [3.63, 3.8) is 0 Å². The van der Waals surface area contributed by atoms with Crippen molar-refractivity contribution in [2.45, 2.75) is 51.0 Å². The van der Waals surface area contributed by atoms with E-state index in [-0.39, 0.29) is 18.0 Å². The van der Waals surface area contributed by atoms with Gasteiger partial charge in [-0.2, -0.15) is 0 Å². The molecule has 0 aromatic heterocycles. The smallest absolute Gasteiger partial charge is 0.410 e. The molecule has 1 aromatic carbocycles. The zero-order valence-electron chi connectivity index (χ0n) is 20.8. The lowest BCUT2D eigenvalue weighted by molar-refractivity contribution is 0.0732. The molecule has 2 saturated heterocycles. The number of fused-ring (bicyclic) bond motifs is 3. The third-order valence-electron chi connectivity index (χ3n) is 8.84. The van der Waals surface area contributed by atoms with Crippen molar-refractivity contribution in [2.24, 2.45) is 5.92 Å². The van der Waals surface area contributed by atoms with E-state index in [0.717, 1.165) is 74.8 Å². The highest BCUT2D eigenvalue weighted by Crippen LogP contribution is 2.33. The molecule has 1 aliphatic carbocycles. The van der Waals surface area contributed by atoms with Crippen molar-refractivity contribution >= 4 is 17.7 Å². The molecule has 2 atom stereocenters. The first-order chi connectivity index (χ1) is 17.2. The van der Waals surface area contributed by atoms with Gasteiger partial charge in [-0.1, -0.05) is 18.1 Å². The molecule has 0 spiro atoms. The van der Waals surface area contributed by atoms with Gasteiger partial charge in [0.15, 0.2) is 0 Å². The summed E-state index contributed by atoms with van der Waals surface area (Å²) in [5.74, 6) is 1.01. The van der Waals surface area contributed by atoms with E-state index >= 15 is 0 Å². The lowest BCUT2D eigenvalue weighted by Gasteiger charge is -2.37. The molecule has 2 unspecified atom stereocenters. The van der Waals surface area contributed by atoms with Gasteiger partial charge in [-0.25, -0.2) is 4.79 Å². The Balaban J connectivity index is 1.02. The van der Waals surface area contributed by atoms with Crippen LogP contribution in [0.1, 0.15) is 54.4 Å². The number of hydrogen-bond acceptors (Lipinski definition) is 5. The van der Waals surface area contributed by atoms with Gasteiger partial charge in [0.2, 0.25) is 0 Å². The largest absolute Gasteiger partial charge is 0.447 e. The first kappa shape index (κ1) is 22.9. The number of ether oxygens (including phenoxy) is 1. The standard InChI is InChI=1S/C28H38N4O3/c33-27-26-7-6-24(31-16-17-32-25(19-31)20-35-28(32)34)18-23(26)10-15-30(27)12-3-11-29-13-8-21-4-1-2-5-22(21)9-14-29/h6-8,18,22,25H,1-5,9-17,19-20H2. The fraction of sp³-hybridized carbons (Fsp3) is 0.643. The Kier molecular flexibility index (Phi) is 6.44. The monoisotopic (exact) mass is 478 g/mol. The molecule has 1 saturated carbocycles. The molecule has 4 aliphatic heterocycles. The molecule has 6 rings (SSSR count). The molecular formula is C28H38N4O3. The summed E-state index contributed by atoms with van der Waals surface area (Å²) in [5, 5.41) is 0. The first-order valence-electron chi connectivity index (χ1n) is 13.7. The Hall–Kier alpha value is -2.54. The number of hydrogen-bond donors (Lipinski definition) is 0. The van der Waals surface area contributed by atoms with Crippen molar-refractivity contribution in [1.29, 1.82) is 0 Å². The minimum Gasteiger partial charge on any atom is -0.447 e. The van der Waals surface area contributed by atoms with Crippen LogP contribution in [0.3, 0.4) is 0 Å². The van der Waals surface area contributed by atoms with Crippen LogP contribution in [0, 0.1) is 5.92 Å². The van der Waals surface area contributed by atoms with E-state index in [9.17, 15) is 9.59 Å². The van der Waals surface area contributed by atoms with Gasteiger partial charge in [-0.3, -0.25) is 14.6 Å². The van der Waals surface area contributed by atoms with Crippen molar-refractivity contribution in [2.75, 3.05) is 63.9 Å². The molecule has 0 N–H and O–H groups in total. The Bertz CT molecular complexity index is 1010. The number of carbonyl (C=O) groups is 2. The fourth-order valence-electron chi connectivity index (χ4n) is 6.73. The molecule has 3 fully saturated rings. The summed E-state index contributed by atoms with van der Waals surface area (Å²) in [4.78, 5) is 33.8. The fourth-order valence-corrected chi connectivity index (χ4v) is 6.73. The number of cyclic esters (lactones) is 1. The third kappa shape index (κ3) is 4.67. The van der Waals surface area contributed by atoms with Crippen LogP contribution in [0.5, 0.6) is 0 Å². The van der Waals surface area contributed by atoms with Crippen LogP contribution in [-0.2, 0) is 11.2 Å². The lowest BCUT2D eigenvalue weighted by Crippen LogP contribution is -2.52. The summed E-state index contributed by atoms with van der Waals surface area (Å²) in [5.41, 5.74) is 4.89. The Morgan fingerprint density at radius 3 is 2.86 bits per heavy atom. The third-order valence-corrected chi connectivity index (χ3v) is 8.84. The minimum atomic E-state index is -0.184. The second-order valence-electron chi connectivity index (χ2n) is 10.9. The van der Waals surface area contributed by atoms with Crippen LogP contribution >= 0.6 is 0 Å². The molecule has 2 amide bonds. The zero-order chi connectivity index (χ0) is 23.8. The number of nitrogens with zero attached hydrogens (tertiary/aromatic N) is 4. The number of amides is 2. The second kappa shape index (κ2) is 9.84. The summed E-state index contributed by atoms with van der Waals surface area (Å²) < 4.78 is 5.20. The predicted molar refractivity (Wildman–Crippen MR) is 136 cm³/mol. The van der Waals surface area contributed by atoms with E-state index < -0.39 is 0 Å². The average Bonchev–Trinajstić information content (AvgIpc) is 3.13. The molecule has 5 aliphatic rings. The van der Waals surface area contributed by atoms with Crippen molar-refractivity contribution in [3.05, 3.63) is 41.0 Å². The molecule has 35 heavy (non-hydrogen) atoms. The molecule has 188 valence electrons. The summed E-state index contributed by atoms with van der Waals surface area (Å²) in [6, 6.07) is 6.43. The quantitative estimate of drug-likeness (QED) is 0.606. The van der Waals surface area contributed by atoms with E-state index in [1.807, 2.05) is 11.0 Å². The normalized spacial score (nSPS) is 27.1. The van der Waals surface area contributed by atoms with Gasteiger partial charge in [-0.15, -0.1) is 0 Å². The van der Waals surface area contributed by atoms with Gasteiger partial charge in [0.25, 0.3) is 5.91 Å². The maximum Gasteiger partial charge on any atom is 0.410 e.